The van der Waals surface area contributed by atoms with E-state index in [2.05, 4.69) is 15.0 Å². The summed E-state index contributed by atoms with van der Waals surface area (Å²) in [5.41, 5.74) is 6.70. The highest BCUT2D eigenvalue weighted by molar-refractivity contribution is 5.81. The van der Waals surface area contributed by atoms with E-state index in [0.717, 1.165) is 0 Å². The highest BCUT2D eigenvalue weighted by Crippen LogP contribution is 2.44. The summed E-state index contributed by atoms with van der Waals surface area (Å²) in [4.78, 5) is 12.1. The zero-order valence-electron chi connectivity index (χ0n) is 10.1. The summed E-state index contributed by atoms with van der Waals surface area (Å²) in [6.45, 7) is -0.278. The van der Waals surface area contributed by atoms with Crippen LogP contribution in [-0.2, 0) is 0 Å². The van der Waals surface area contributed by atoms with Crippen molar-refractivity contribution >= 4 is 17.0 Å². The molecule has 0 aliphatic heterocycles. The summed E-state index contributed by atoms with van der Waals surface area (Å²) >= 11 is 0. The Hall–Kier alpha value is -1.77. The second-order valence-corrected chi connectivity index (χ2v) is 4.76. The Labute approximate surface area is 108 Å². The fourth-order valence-electron chi connectivity index (χ4n) is 2.81. The van der Waals surface area contributed by atoms with Crippen LogP contribution in [0.25, 0.3) is 11.2 Å². The van der Waals surface area contributed by atoms with Gasteiger partial charge in [0.25, 0.3) is 0 Å². The number of aliphatic hydroxyl groups excluding tert-OH is 3. The highest BCUT2D eigenvalue weighted by atomic mass is 16.3. The van der Waals surface area contributed by atoms with Gasteiger partial charge in [-0.3, -0.25) is 0 Å². The third-order valence-electron chi connectivity index (χ3n) is 3.91. The van der Waals surface area contributed by atoms with Crippen molar-refractivity contribution in [2.75, 3.05) is 18.9 Å². The summed E-state index contributed by atoms with van der Waals surface area (Å²) < 4.78 is 1.69. The standard InChI is InChI=1S/C11H15N5O3/c12-10-7-11(14-3-13-10)16(4-15-7)8-5(1-17)6(2-18)9(8)19/h3-6,8-9,17-19H,1-2H2,(H2,12,13,14)/t5-,6-,8+,9+/m1/s1. The molecule has 2 aromatic rings. The van der Waals surface area contributed by atoms with Crippen LogP contribution < -0.4 is 5.73 Å². The normalized spacial score (nSPS) is 30.5. The predicted octanol–water partition coefficient (Wildman–Crippen LogP) is -1.46. The van der Waals surface area contributed by atoms with Gasteiger partial charge in [0.15, 0.2) is 11.5 Å². The van der Waals surface area contributed by atoms with Gasteiger partial charge in [-0.25, -0.2) is 15.0 Å². The minimum absolute atomic E-state index is 0.118. The van der Waals surface area contributed by atoms with Crippen LogP contribution >= 0.6 is 0 Å². The molecule has 0 radical (unpaired) electrons. The fraction of sp³-hybridized carbons (Fsp3) is 0.545. The first-order valence-electron chi connectivity index (χ1n) is 6.01. The Kier molecular flexibility index (Phi) is 2.85. The molecular formula is C11H15N5O3. The molecule has 0 bridgehead atoms. The first-order chi connectivity index (χ1) is 9.19. The number of anilines is 1. The lowest BCUT2D eigenvalue weighted by Crippen LogP contribution is -2.55. The first kappa shape index (κ1) is 12.3. The molecule has 2 heterocycles. The van der Waals surface area contributed by atoms with Crippen molar-refractivity contribution in [1.82, 2.24) is 19.5 Å². The number of hydrogen-bond donors (Lipinski definition) is 4. The predicted molar refractivity (Wildman–Crippen MR) is 65.9 cm³/mol. The summed E-state index contributed by atoms with van der Waals surface area (Å²) in [7, 11) is 0. The van der Waals surface area contributed by atoms with E-state index in [1.54, 1.807) is 4.57 Å². The molecule has 0 aromatic carbocycles. The van der Waals surface area contributed by atoms with E-state index in [9.17, 15) is 15.3 Å². The number of nitrogens with two attached hydrogens (primary N) is 1. The van der Waals surface area contributed by atoms with E-state index in [4.69, 9.17) is 5.73 Å². The zero-order valence-corrected chi connectivity index (χ0v) is 10.1. The summed E-state index contributed by atoms with van der Waals surface area (Å²) in [5.74, 6) is -0.281. The minimum atomic E-state index is -0.740. The van der Waals surface area contributed by atoms with Crippen molar-refractivity contribution in [3.8, 4) is 0 Å². The van der Waals surface area contributed by atoms with Gasteiger partial charge in [-0.2, -0.15) is 0 Å². The van der Waals surface area contributed by atoms with E-state index in [0.29, 0.717) is 11.2 Å². The van der Waals surface area contributed by atoms with Gasteiger partial charge < -0.3 is 25.6 Å². The number of fused-ring (bicyclic) bond motifs is 1. The van der Waals surface area contributed by atoms with E-state index in [-0.39, 0.29) is 36.9 Å². The number of aromatic nitrogens is 4. The molecule has 102 valence electrons. The average molecular weight is 265 g/mol. The van der Waals surface area contributed by atoms with Gasteiger partial charge in [-0.15, -0.1) is 0 Å². The molecule has 0 spiro atoms. The van der Waals surface area contributed by atoms with Gasteiger partial charge in [-0.1, -0.05) is 0 Å². The molecule has 8 nitrogen and oxygen atoms in total. The molecule has 4 atom stereocenters. The summed E-state index contributed by atoms with van der Waals surface area (Å²) in [6.07, 6.45) is 2.12. The maximum atomic E-state index is 10.1. The monoisotopic (exact) mass is 265 g/mol. The summed E-state index contributed by atoms with van der Waals surface area (Å²) in [5, 5.41) is 28.7. The third kappa shape index (κ3) is 1.61. The fourth-order valence-corrected chi connectivity index (χ4v) is 2.81. The van der Waals surface area contributed by atoms with Crippen LogP contribution in [0.15, 0.2) is 12.7 Å². The van der Waals surface area contributed by atoms with Crippen LogP contribution in [-0.4, -0.2) is 54.2 Å². The Morgan fingerprint density at radius 1 is 1.16 bits per heavy atom. The van der Waals surface area contributed by atoms with Gasteiger partial charge in [0, 0.05) is 25.0 Å². The van der Waals surface area contributed by atoms with Gasteiger partial charge in [0.05, 0.1) is 18.5 Å². The first-order valence-corrected chi connectivity index (χ1v) is 6.01. The van der Waals surface area contributed by atoms with E-state index in [1.807, 2.05) is 0 Å². The van der Waals surface area contributed by atoms with Crippen LogP contribution in [0.5, 0.6) is 0 Å². The molecule has 19 heavy (non-hydrogen) atoms. The third-order valence-corrected chi connectivity index (χ3v) is 3.91. The molecule has 0 saturated heterocycles. The smallest absolute Gasteiger partial charge is 0.165 e. The van der Waals surface area contributed by atoms with Crippen LogP contribution in [0.1, 0.15) is 6.04 Å². The molecule has 5 N–H and O–H groups in total. The van der Waals surface area contributed by atoms with Crippen LogP contribution in [0.4, 0.5) is 5.82 Å². The van der Waals surface area contributed by atoms with Crippen LogP contribution in [0.3, 0.4) is 0 Å². The highest BCUT2D eigenvalue weighted by Gasteiger charge is 2.50. The van der Waals surface area contributed by atoms with Crippen molar-refractivity contribution in [1.29, 1.82) is 0 Å². The number of rotatable bonds is 3. The van der Waals surface area contributed by atoms with Crippen molar-refractivity contribution in [2.45, 2.75) is 12.1 Å². The van der Waals surface area contributed by atoms with Crippen molar-refractivity contribution in [3.05, 3.63) is 12.7 Å². The van der Waals surface area contributed by atoms with Crippen molar-refractivity contribution < 1.29 is 15.3 Å². The Bertz CT molecular complexity index is 601. The molecule has 8 heteroatoms. The molecule has 1 fully saturated rings. The van der Waals surface area contributed by atoms with Crippen LogP contribution in [0, 0.1) is 11.8 Å². The Balaban J connectivity index is 2.03. The maximum Gasteiger partial charge on any atom is 0.165 e. The Morgan fingerprint density at radius 2 is 1.89 bits per heavy atom. The van der Waals surface area contributed by atoms with Gasteiger partial charge in [-0.05, 0) is 0 Å². The second kappa shape index (κ2) is 4.41. The quantitative estimate of drug-likeness (QED) is 0.533. The van der Waals surface area contributed by atoms with Crippen LogP contribution in [0.2, 0.25) is 0 Å². The lowest BCUT2D eigenvalue weighted by molar-refractivity contribution is -0.126. The second-order valence-electron chi connectivity index (χ2n) is 4.76. The molecule has 0 unspecified atom stereocenters. The molecule has 3 rings (SSSR count). The van der Waals surface area contributed by atoms with Gasteiger partial charge >= 0.3 is 0 Å². The van der Waals surface area contributed by atoms with Gasteiger partial charge in [0.2, 0.25) is 0 Å². The van der Waals surface area contributed by atoms with E-state index >= 15 is 0 Å². The zero-order chi connectivity index (χ0) is 13.6. The SMILES string of the molecule is Nc1ncnc2c1ncn2[C@@H]1[C@@H](O)[C@H](CO)[C@H]1CO. The topological polar surface area (TPSA) is 130 Å². The molecule has 0 amide bonds. The number of imidazole rings is 1. The number of nitrogen functional groups attached to an aromatic ring is 1. The molecular weight excluding hydrogens is 250 g/mol. The lowest BCUT2D eigenvalue weighted by atomic mass is 9.67. The van der Waals surface area contributed by atoms with E-state index < -0.39 is 6.10 Å². The van der Waals surface area contributed by atoms with Crippen molar-refractivity contribution in [3.63, 3.8) is 0 Å². The molecule has 1 saturated carbocycles. The maximum absolute atomic E-state index is 10.1. The minimum Gasteiger partial charge on any atom is -0.396 e. The number of nitrogens with zero attached hydrogens (tertiary/aromatic N) is 4. The van der Waals surface area contributed by atoms with Crippen molar-refractivity contribution in [2.24, 2.45) is 11.8 Å². The lowest BCUT2D eigenvalue weighted by Gasteiger charge is -2.48. The largest absolute Gasteiger partial charge is 0.396 e. The number of aliphatic hydroxyl groups is 3. The van der Waals surface area contributed by atoms with E-state index in [1.165, 1.54) is 12.7 Å². The summed E-state index contributed by atoms with van der Waals surface area (Å²) in [6, 6.07) is -0.360. The number of hydrogen-bond acceptors (Lipinski definition) is 7. The molecule has 2 aromatic heterocycles. The average Bonchev–Trinajstić information content (AvgIpc) is 2.81. The Morgan fingerprint density at radius 3 is 2.58 bits per heavy atom. The molecule has 1 aliphatic carbocycles. The molecule has 1 aliphatic rings. The van der Waals surface area contributed by atoms with Gasteiger partial charge in [0.1, 0.15) is 11.8 Å².